The van der Waals surface area contributed by atoms with Gasteiger partial charge in [-0.1, -0.05) is 37.3 Å². The van der Waals surface area contributed by atoms with Gasteiger partial charge in [-0.15, -0.1) is 0 Å². The van der Waals surface area contributed by atoms with Crippen LogP contribution in [0.15, 0.2) is 54.9 Å². The van der Waals surface area contributed by atoms with Gasteiger partial charge in [0.2, 0.25) is 11.8 Å². The van der Waals surface area contributed by atoms with Gasteiger partial charge in [-0.05, 0) is 67.9 Å². The molecule has 1 N–H and O–H groups in total. The average molecular weight is 551 g/mol. The van der Waals surface area contributed by atoms with Crippen LogP contribution in [0.25, 0.3) is 22.0 Å². The summed E-state index contributed by atoms with van der Waals surface area (Å²) in [5.74, 6) is 0.191. The Morgan fingerprint density at radius 1 is 1.05 bits per heavy atom. The van der Waals surface area contributed by atoms with Gasteiger partial charge in [-0.2, -0.15) is 5.10 Å². The first-order chi connectivity index (χ1) is 19.6. The zero-order chi connectivity index (χ0) is 29.1. The zero-order valence-electron chi connectivity index (χ0n) is 24.0. The number of nitrogens with one attached hydrogen (secondary N) is 1. The lowest BCUT2D eigenvalue weighted by Gasteiger charge is -2.28. The summed E-state index contributed by atoms with van der Waals surface area (Å²) in [5.41, 5.74) is 4.61. The van der Waals surface area contributed by atoms with Crippen molar-refractivity contribution in [2.75, 3.05) is 0 Å². The Bertz CT molecular complexity index is 1680. The van der Waals surface area contributed by atoms with Crippen LogP contribution in [0.3, 0.4) is 0 Å². The van der Waals surface area contributed by atoms with Crippen molar-refractivity contribution in [3.63, 3.8) is 0 Å². The maximum atomic E-state index is 13.9. The van der Waals surface area contributed by atoms with Crippen LogP contribution in [0, 0.1) is 19.3 Å². The summed E-state index contributed by atoms with van der Waals surface area (Å²) in [4.78, 5) is 50.4. The third kappa shape index (κ3) is 4.79. The SMILES string of the molecule is CC(=O)c1nn(CC(=O)N2C3C[C@]3(C)C[C@H]2C(=O)N[C@H](C)c2ccccc2)c2c(C)cc(-c3cnc(C)nc3)cc12. The van der Waals surface area contributed by atoms with E-state index < -0.39 is 6.04 Å². The molecule has 1 saturated carbocycles. The molecule has 0 spiro atoms. The fourth-order valence-corrected chi connectivity index (χ4v) is 6.31. The minimum Gasteiger partial charge on any atom is -0.348 e. The number of Topliss-reactive ketones (excluding diaryl/α,β-unsaturated/α-hetero) is 1. The monoisotopic (exact) mass is 550 g/mol. The summed E-state index contributed by atoms with van der Waals surface area (Å²) < 4.78 is 1.62. The highest BCUT2D eigenvalue weighted by atomic mass is 16.2. The van der Waals surface area contributed by atoms with E-state index in [1.165, 1.54) is 6.92 Å². The van der Waals surface area contributed by atoms with E-state index in [0.717, 1.165) is 34.2 Å². The van der Waals surface area contributed by atoms with Crippen molar-refractivity contribution in [3.05, 3.63) is 77.5 Å². The summed E-state index contributed by atoms with van der Waals surface area (Å²) >= 11 is 0. The second kappa shape index (κ2) is 9.90. The molecule has 2 aliphatic rings. The molecule has 9 heteroatoms. The molecule has 6 rings (SSSR count). The first-order valence-electron chi connectivity index (χ1n) is 14.0. The lowest BCUT2D eigenvalue weighted by atomic mass is 10.0. The maximum absolute atomic E-state index is 13.9. The van der Waals surface area contributed by atoms with Gasteiger partial charge < -0.3 is 10.2 Å². The molecule has 1 aliphatic carbocycles. The van der Waals surface area contributed by atoms with Crippen molar-refractivity contribution >= 4 is 28.5 Å². The van der Waals surface area contributed by atoms with Crippen LogP contribution in [-0.4, -0.2) is 54.3 Å². The highest BCUT2D eigenvalue weighted by Gasteiger charge is 2.64. The molecular formula is C32H34N6O3. The minimum atomic E-state index is -0.541. The number of aromatic nitrogens is 4. The molecule has 0 bridgehead atoms. The Hall–Kier alpha value is -4.40. The van der Waals surface area contributed by atoms with E-state index in [0.29, 0.717) is 23.3 Å². The molecule has 4 atom stereocenters. The minimum absolute atomic E-state index is 0.0288. The third-order valence-corrected chi connectivity index (χ3v) is 8.65. The molecule has 3 heterocycles. The van der Waals surface area contributed by atoms with Crippen LogP contribution in [0.1, 0.15) is 67.1 Å². The van der Waals surface area contributed by atoms with E-state index in [4.69, 9.17) is 0 Å². The standard InChI is InChI=1S/C32H34N6O3/c1-18-11-23(24-15-33-21(4)34-16-24)12-25-29(20(3)39)36-37(30(18)25)17-28(40)38-26(13-32(5)14-27(32)38)31(41)35-19(2)22-9-7-6-8-10-22/h6-12,15-16,19,26-27H,13-14,17H2,1-5H3,(H,35,41)/t19-,26+,27?,32+/m1/s1. The summed E-state index contributed by atoms with van der Waals surface area (Å²) in [6, 6.07) is 13.0. The van der Waals surface area contributed by atoms with Crippen LogP contribution in [0.4, 0.5) is 0 Å². The molecule has 9 nitrogen and oxygen atoms in total. The lowest BCUT2D eigenvalue weighted by Crippen LogP contribution is -2.49. The fraction of sp³-hybridized carbons (Fsp3) is 0.375. The van der Waals surface area contributed by atoms with E-state index >= 15 is 0 Å². The largest absolute Gasteiger partial charge is 0.348 e. The molecule has 1 aliphatic heterocycles. The smallest absolute Gasteiger partial charge is 0.245 e. The number of nitrogens with zero attached hydrogens (tertiary/aromatic N) is 5. The van der Waals surface area contributed by atoms with Crippen molar-refractivity contribution in [3.8, 4) is 11.1 Å². The quantitative estimate of drug-likeness (QED) is 0.338. The molecule has 210 valence electrons. The number of aryl methyl sites for hydroxylation is 2. The van der Waals surface area contributed by atoms with Gasteiger partial charge in [0.1, 0.15) is 24.1 Å². The van der Waals surface area contributed by atoms with Gasteiger partial charge in [0.15, 0.2) is 5.78 Å². The van der Waals surface area contributed by atoms with Crippen LogP contribution in [0.5, 0.6) is 0 Å². The Kier molecular flexibility index (Phi) is 6.47. The number of rotatable bonds is 7. The molecular weight excluding hydrogens is 516 g/mol. The highest BCUT2D eigenvalue weighted by molar-refractivity contribution is 6.07. The predicted molar refractivity (Wildman–Crippen MR) is 155 cm³/mol. The van der Waals surface area contributed by atoms with Crippen molar-refractivity contribution < 1.29 is 14.4 Å². The van der Waals surface area contributed by atoms with E-state index in [-0.39, 0.29) is 41.6 Å². The summed E-state index contributed by atoms with van der Waals surface area (Å²) in [7, 11) is 0. The molecule has 2 amide bonds. The number of piperidine rings is 1. The predicted octanol–water partition coefficient (Wildman–Crippen LogP) is 4.57. The second-order valence-corrected chi connectivity index (χ2v) is 11.8. The normalized spacial score (nSPS) is 21.9. The Balaban J connectivity index is 1.29. The maximum Gasteiger partial charge on any atom is 0.245 e. The van der Waals surface area contributed by atoms with Gasteiger partial charge in [0.05, 0.1) is 11.6 Å². The van der Waals surface area contributed by atoms with Crippen molar-refractivity contribution in [1.29, 1.82) is 0 Å². The van der Waals surface area contributed by atoms with Gasteiger partial charge in [-0.3, -0.25) is 19.1 Å². The van der Waals surface area contributed by atoms with Crippen molar-refractivity contribution in [2.45, 2.75) is 72.1 Å². The number of carbonyl (C=O) groups is 3. The number of carbonyl (C=O) groups excluding carboxylic acids is 3. The van der Waals surface area contributed by atoms with Crippen LogP contribution in [0.2, 0.25) is 0 Å². The molecule has 4 aromatic rings. The first kappa shape index (κ1) is 26.8. The number of fused-ring (bicyclic) bond motifs is 2. The van der Waals surface area contributed by atoms with Gasteiger partial charge in [0, 0.05) is 36.3 Å². The highest BCUT2D eigenvalue weighted by Crippen LogP contribution is 2.59. The van der Waals surface area contributed by atoms with Gasteiger partial charge in [-0.25, -0.2) is 9.97 Å². The van der Waals surface area contributed by atoms with Crippen LogP contribution < -0.4 is 5.32 Å². The number of hydrogen-bond donors (Lipinski definition) is 1. The van der Waals surface area contributed by atoms with E-state index in [1.807, 2.05) is 63.2 Å². The molecule has 0 radical (unpaired) electrons. The average Bonchev–Trinajstić information content (AvgIpc) is 3.30. The number of hydrogen-bond acceptors (Lipinski definition) is 6. The van der Waals surface area contributed by atoms with Crippen LogP contribution in [-0.2, 0) is 16.1 Å². The molecule has 2 aromatic heterocycles. The Labute approximate surface area is 239 Å². The van der Waals surface area contributed by atoms with E-state index in [1.54, 1.807) is 22.0 Å². The number of amides is 2. The Morgan fingerprint density at radius 3 is 2.44 bits per heavy atom. The van der Waals surface area contributed by atoms with Gasteiger partial charge in [0.25, 0.3) is 0 Å². The van der Waals surface area contributed by atoms with E-state index in [2.05, 4.69) is 27.3 Å². The number of likely N-dealkylation sites (tertiary alicyclic amines) is 1. The van der Waals surface area contributed by atoms with Gasteiger partial charge >= 0.3 is 0 Å². The van der Waals surface area contributed by atoms with Crippen molar-refractivity contribution in [1.82, 2.24) is 30.0 Å². The lowest BCUT2D eigenvalue weighted by molar-refractivity contribution is -0.140. The summed E-state index contributed by atoms with van der Waals surface area (Å²) in [5, 5.41) is 8.41. The first-order valence-corrected chi connectivity index (χ1v) is 14.0. The van der Waals surface area contributed by atoms with E-state index in [9.17, 15) is 14.4 Å². The fourth-order valence-electron chi connectivity index (χ4n) is 6.31. The molecule has 1 saturated heterocycles. The zero-order valence-corrected chi connectivity index (χ0v) is 24.0. The third-order valence-electron chi connectivity index (χ3n) is 8.65. The molecule has 1 unspecified atom stereocenters. The molecule has 41 heavy (non-hydrogen) atoms. The van der Waals surface area contributed by atoms with Crippen molar-refractivity contribution in [2.24, 2.45) is 5.41 Å². The Morgan fingerprint density at radius 2 is 1.76 bits per heavy atom. The summed E-state index contributed by atoms with van der Waals surface area (Å²) in [6.45, 7) is 9.30. The second-order valence-electron chi connectivity index (χ2n) is 11.8. The van der Waals surface area contributed by atoms with Crippen LogP contribution >= 0.6 is 0 Å². The number of ketones is 1. The molecule has 2 aromatic carbocycles. The topological polar surface area (TPSA) is 110 Å². The number of benzene rings is 2. The summed E-state index contributed by atoms with van der Waals surface area (Å²) in [6.07, 6.45) is 5.04. The molecule has 2 fully saturated rings.